The smallest absolute Gasteiger partial charge is 0.231 e. The van der Waals surface area contributed by atoms with E-state index in [0.717, 1.165) is 70.7 Å². The summed E-state index contributed by atoms with van der Waals surface area (Å²) in [7, 11) is 1.67. The zero-order chi connectivity index (χ0) is 23.3. The van der Waals surface area contributed by atoms with Gasteiger partial charge in [0.15, 0.2) is 11.5 Å². The molecule has 6 nitrogen and oxygen atoms in total. The molecule has 2 aromatic carbocycles. The Morgan fingerprint density at radius 1 is 1.20 bits per heavy atom. The molecule has 7 heteroatoms. The van der Waals surface area contributed by atoms with Gasteiger partial charge in [0.2, 0.25) is 6.79 Å². The van der Waals surface area contributed by atoms with Crippen LogP contribution in [0.2, 0.25) is 0 Å². The lowest BCUT2D eigenvalue weighted by molar-refractivity contribution is -0.984. The molecular weight excluding hydrogens is 464 g/mol. The molecule has 35 heavy (non-hydrogen) atoms. The monoisotopic (exact) mass is 495 g/mol. The van der Waals surface area contributed by atoms with Crippen molar-refractivity contribution in [2.24, 2.45) is 11.8 Å². The van der Waals surface area contributed by atoms with E-state index in [0.29, 0.717) is 11.8 Å². The first-order chi connectivity index (χ1) is 16.6. The molecule has 7 rings (SSSR count). The van der Waals surface area contributed by atoms with Crippen LogP contribution in [0.15, 0.2) is 61.3 Å². The number of nitrogens with zero attached hydrogens (tertiary/aromatic N) is 2. The lowest BCUT2D eigenvalue weighted by Gasteiger charge is -2.58. The van der Waals surface area contributed by atoms with Gasteiger partial charge in [-0.25, -0.2) is 0 Å². The van der Waals surface area contributed by atoms with E-state index in [1.807, 2.05) is 30.3 Å². The van der Waals surface area contributed by atoms with Crippen LogP contribution in [0, 0.1) is 11.8 Å². The van der Waals surface area contributed by atoms with Crippen LogP contribution in [-0.2, 0) is 6.54 Å². The van der Waals surface area contributed by atoms with Gasteiger partial charge in [-0.15, -0.1) is 19.0 Å². The molecule has 184 valence electrons. The molecule has 1 N–H and O–H groups in total. The van der Waals surface area contributed by atoms with Gasteiger partial charge in [0.25, 0.3) is 0 Å². The standard InChI is InChI=1S/C28H31N2O4.ClH/c1-3-19-16-30(15-18-4-7-26-27(12-18)34-17-33-26)11-9-20(19)13-25(30)28(31)22-8-10-29-24-6-5-21(32-2)14-23(22)24;/h3-8,10,12,14,19-20,25,28,31H,1,9,11,13,15-17H2,2H3;1H/q+1;/t19?,20?,25-,28+,30?;/m0./s1. The average Bonchev–Trinajstić information content (AvgIpc) is 3.35. The number of hydrogen-bond acceptors (Lipinski definition) is 5. The molecule has 1 aromatic heterocycles. The third kappa shape index (κ3) is 4.03. The quantitative estimate of drug-likeness (QED) is 0.383. The second-order valence-electron chi connectivity index (χ2n) is 9.95. The molecule has 3 saturated heterocycles. The van der Waals surface area contributed by atoms with Gasteiger partial charge in [0.1, 0.15) is 24.4 Å². The molecule has 3 fully saturated rings. The summed E-state index contributed by atoms with van der Waals surface area (Å²) in [5.74, 6) is 3.43. The maximum Gasteiger partial charge on any atom is 0.231 e. The molecular formula is C28H32ClN2O4+. The van der Waals surface area contributed by atoms with Crippen LogP contribution in [-0.4, -0.2) is 47.6 Å². The number of fused-ring (bicyclic) bond motifs is 5. The van der Waals surface area contributed by atoms with Gasteiger partial charge in [0.05, 0.1) is 25.7 Å². The summed E-state index contributed by atoms with van der Waals surface area (Å²) in [6.07, 6.45) is 5.48. The molecule has 0 radical (unpaired) electrons. The first-order valence-electron chi connectivity index (χ1n) is 12.1. The molecule has 4 aliphatic rings. The summed E-state index contributed by atoms with van der Waals surface area (Å²) in [4.78, 5) is 4.53. The lowest BCUT2D eigenvalue weighted by atomic mass is 9.71. The number of aromatic nitrogens is 1. The van der Waals surface area contributed by atoms with Crippen LogP contribution >= 0.6 is 12.4 Å². The van der Waals surface area contributed by atoms with Crippen molar-refractivity contribution in [2.75, 3.05) is 27.0 Å². The van der Waals surface area contributed by atoms with Crippen molar-refractivity contribution in [2.45, 2.75) is 31.5 Å². The van der Waals surface area contributed by atoms with Gasteiger partial charge in [-0.1, -0.05) is 6.08 Å². The van der Waals surface area contributed by atoms with E-state index >= 15 is 0 Å². The lowest BCUT2D eigenvalue weighted by Crippen LogP contribution is -2.67. The number of hydrogen-bond donors (Lipinski definition) is 1. The van der Waals surface area contributed by atoms with E-state index in [2.05, 4.69) is 29.8 Å². The minimum Gasteiger partial charge on any atom is -0.497 e. The molecule has 3 unspecified atom stereocenters. The molecule has 0 amide bonds. The number of pyridine rings is 1. The van der Waals surface area contributed by atoms with E-state index in [4.69, 9.17) is 14.2 Å². The average molecular weight is 496 g/mol. The zero-order valence-electron chi connectivity index (χ0n) is 19.9. The number of halogens is 1. The van der Waals surface area contributed by atoms with Gasteiger partial charge in [-0.3, -0.25) is 4.98 Å². The van der Waals surface area contributed by atoms with Crippen molar-refractivity contribution < 1.29 is 23.8 Å². The molecule has 0 saturated carbocycles. The van der Waals surface area contributed by atoms with Gasteiger partial charge in [-0.05, 0) is 53.9 Å². The highest BCUT2D eigenvalue weighted by molar-refractivity contribution is 5.85. The summed E-state index contributed by atoms with van der Waals surface area (Å²) in [5, 5.41) is 12.9. The molecule has 5 atom stereocenters. The third-order valence-electron chi connectivity index (χ3n) is 8.28. The molecule has 5 heterocycles. The second kappa shape index (κ2) is 9.34. The van der Waals surface area contributed by atoms with E-state index in [1.165, 1.54) is 5.56 Å². The number of benzene rings is 2. The Balaban J connectivity index is 0.00000253. The summed E-state index contributed by atoms with van der Waals surface area (Å²) >= 11 is 0. The Hall–Kier alpha value is -2.80. The fourth-order valence-corrected chi connectivity index (χ4v) is 6.52. The van der Waals surface area contributed by atoms with E-state index < -0.39 is 6.10 Å². The van der Waals surface area contributed by atoms with Crippen molar-refractivity contribution >= 4 is 23.3 Å². The van der Waals surface area contributed by atoms with Gasteiger partial charge in [0, 0.05) is 35.9 Å². The Labute approximate surface area is 212 Å². The first kappa shape index (κ1) is 23.9. The van der Waals surface area contributed by atoms with E-state index in [9.17, 15) is 5.11 Å². The Morgan fingerprint density at radius 2 is 2.06 bits per heavy atom. The first-order valence-corrected chi connectivity index (χ1v) is 12.1. The van der Waals surface area contributed by atoms with Gasteiger partial charge < -0.3 is 23.8 Å². The molecule has 0 aliphatic carbocycles. The number of quaternary nitrogens is 1. The van der Waals surface area contributed by atoms with Crippen LogP contribution in [0.5, 0.6) is 17.2 Å². The van der Waals surface area contributed by atoms with Crippen molar-refractivity contribution in [3.8, 4) is 17.2 Å². The summed E-state index contributed by atoms with van der Waals surface area (Å²) in [6.45, 7) is 7.32. The fraction of sp³-hybridized carbons (Fsp3) is 0.393. The SMILES string of the molecule is C=CC1C[N+]2(Cc3ccc4c(c3)OCO4)CCC1C[C@H]2[C@H](O)c1ccnc2ccc(OC)cc12.Cl. The molecule has 0 spiro atoms. The summed E-state index contributed by atoms with van der Waals surface area (Å²) in [6, 6.07) is 14.2. The van der Waals surface area contributed by atoms with Crippen LogP contribution in [0.25, 0.3) is 10.9 Å². The largest absolute Gasteiger partial charge is 0.497 e. The van der Waals surface area contributed by atoms with Crippen molar-refractivity contribution in [3.05, 3.63) is 72.4 Å². The van der Waals surface area contributed by atoms with E-state index in [1.54, 1.807) is 13.3 Å². The van der Waals surface area contributed by atoms with Crippen molar-refractivity contribution in [3.63, 3.8) is 0 Å². The van der Waals surface area contributed by atoms with Crippen LogP contribution in [0.1, 0.15) is 30.1 Å². The van der Waals surface area contributed by atoms with Crippen molar-refractivity contribution in [1.82, 2.24) is 4.98 Å². The predicted octanol–water partition coefficient (Wildman–Crippen LogP) is 5.04. The molecule has 3 aromatic rings. The fourth-order valence-electron chi connectivity index (χ4n) is 6.52. The Bertz CT molecular complexity index is 1250. The number of piperidine rings is 3. The summed E-state index contributed by atoms with van der Waals surface area (Å²) < 4.78 is 17.5. The Kier molecular flexibility index (Phi) is 6.38. The normalized spacial score (nSPS) is 27.3. The minimum absolute atomic E-state index is 0. The third-order valence-corrected chi connectivity index (χ3v) is 8.28. The highest BCUT2D eigenvalue weighted by Crippen LogP contribution is 2.48. The Morgan fingerprint density at radius 3 is 2.89 bits per heavy atom. The second-order valence-corrected chi connectivity index (χ2v) is 9.95. The number of methoxy groups -OCH3 is 1. The van der Waals surface area contributed by atoms with Gasteiger partial charge >= 0.3 is 0 Å². The van der Waals surface area contributed by atoms with Crippen LogP contribution in [0.3, 0.4) is 0 Å². The topological polar surface area (TPSA) is 60.8 Å². The maximum atomic E-state index is 11.9. The number of aliphatic hydroxyl groups is 1. The highest BCUT2D eigenvalue weighted by Gasteiger charge is 2.54. The number of rotatable bonds is 6. The van der Waals surface area contributed by atoms with E-state index in [-0.39, 0.29) is 25.2 Å². The molecule has 2 bridgehead atoms. The minimum atomic E-state index is -0.597. The highest BCUT2D eigenvalue weighted by atomic mass is 35.5. The van der Waals surface area contributed by atoms with Crippen LogP contribution in [0.4, 0.5) is 0 Å². The van der Waals surface area contributed by atoms with Gasteiger partial charge in [-0.2, -0.15) is 0 Å². The predicted molar refractivity (Wildman–Crippen MR) is 137 cm³/mol. The molecule has 4 aliphatic heterocycles. The maximum absolute atomic E-state index is 11.9. The number of ether oxygens (including phenoxy) is 3. The van der Waals surface area contributed by atoms with Crippen molar-refractivity contribution in [1.29, 1.82) is 0 Å². The summed E-state index contributed by atoms with van der Waals surface area (Å²) in [5.41, 5.74) is 3.02. The zero-order valence-corrected chi connectivity index (χ0v) is 20.7. The van der Waals surface area contributed by atoms with Crippen LogP contribution < -0.4 is 14.2 Å². The number of aliphatic hydroxyl groups excluding tert-OH is 1.